The zero-order valence-electron chi connectivity index (χ0n) is 13.2. The number of hydrogen-bond acceptors (Lipinski definition) is 4. The van der Waals surface area contributed by atoms with Crippen molar-refractivity contribution in [3.05, 3.63) is 81.7 Å². The summed E-state index contributed by atoms with van der Waals surface area (Å²) in [6, 6.07) is 14.7. The predicted octanol–water partition coefficient (Wildman–Crippen LogP) is 3.53. The summed E-state index contributed by atoms with van der Waals surface area (Å²) in [5.41, 5.74) is 1.42. The van der Waals surface area contributed by atoms with E-state index in [2.05, 4.69) is 0 Å². The first kappa shape index (κ1) is 17.6. The highest BCUT2D eigenvalue weighted by atomic mass is 19.1. The van der Waals surface area contributed by atoms with E-state index in [4.69, 9.17) is 4.74 Å². The minimum Gasteiger partial charge on any atom is -0.469 e. The highest BCUT2D eigenvalue weighted by Crippen LogP contribution is 2.36. The van der Waals surface area contributed by atoms with E-state index in [0.717, 1.165) is 5.56 Å². The number of rotatable bonds is 7. The molecule has 2 atom stereocenters. The van der Waals surface area contributed by atoms with Gasteiger partial charge in [-0.3, -0.25) is 14.9 Å². The van der Waals surface area contributed by atoms with Crippen LogP contribution >= 0.6 is 0 Å². The first-order chi connectivity index (χ1) is 11.5. The largest absolute Gasteiger partial charge is 0.469 e. The van der Waals surface area contributed by atoms with Crippen LogP contribution in [0.15, 0.2) is 54.6 Å². The molecule has 0 spiro atoms. The summed E-state index contributed by atoms with van der Waals surface area (Å²) in [6.07, 6.45) is 0.0103. The van der Waals surface area contributed by atoms with Crippen molar-refractivity contribution in [3.8, 4) is 0 Å². The molecule has 2 rings (SSSR count). The molecule has 6 heteroatoms. The molecule has 0 aliphatic heterocycles. The van der Waals surface area contributed by atoms with E-state index < -0.39 is 28.5 Å². The number of halogens is 1. The highest BCUT2D eigenvalue weighted by Gasteiger charge is 2.31. The van der Waals surface area contributed by atoms with Crippen molar-refractivity contribution in [1.82, 2.24) is 0 Å². The van der Waals surface area contributed by atoms with E-state index in [1.165, 1.54) is 31.4 Å². The van der Waals surface area contributed by atoms with Crippen LogP contribution in [0.3, 0.4) is 0 Å². The molecule has 0 amide bonds. The Balaban J connectivity index is 2.44. The van der Waals surface area contributed by atoms with Gasteiger partial charge in [0.15, 0.2) is 0 Å². The number of methoxy groups -OCH3 is 1. The van der Waals surface area contributed by atoms with Crippen molar-refractivity contribution >= 4 is 5.97 Å². The lowest BCUT2D eigenvalue weighted by Gasteiger charge is -2.24. The average Bonchev–Trinajstić information content (AvgIpc) is 2.59. The zero-order valence-corrected chi connectivity index (χ0v) is 13.2. The number of nitrogens with zero attached hydrogens (tertiary/aromatic N) is 1. The Bertz CT molecular complexity index is 688. The van der Waals surface area contributed by atoms with Gasteiger partial charge in [0, 0.05) is 10.8 Å². The van der Waals surface area contributed by atoms with Gasteiger partial charge < -0.3 is 4.74 Å². The average molecular weight is 331 g/mol. The molecule has 2 aromatic carbocycles. The maximum Gasteiger partial charge on any atom is 0.306 e. The van der Waals surface area contributed by atoms with E-state index >= 15 is 0 Å². The maximum absolute atomic E-state index is 13.2. The topological polar surface area (TPSA) is 69.4 Å². The third kappa shape index (κ3) is 4.62. The van der Waals surface area contributed by atoms with Gasteiger partial charge in [-0.1, -0.05) is 42.5 Å². The van der Waals surface area contributed by atoms with E-state index in [-0.39, 0.29) is 13.0 Å². The van der Waals surface area contributed by atoms with Gasteiger partial charge in [-0.25, -0.2) is 4.39 Å². The maximum atomic E-state index is 13.2. The van der Waals surface area contributed by atoms with E-state index in [9.17, 15) is 19.3 Å². The number of carbonyl (C=O) groups excluding carboxylic acids is 1. The molecule has 126 valence electrons. The van der Waals surface area contributed by atoms with Crippen LogP contribution < -0.4 is 0 Å². The van der Waals surface area contributed by atoms with Crippen LogP contribution in [0.25, 0.3) is 0 Å². The number of nitro groups is 1. The molecule has 0 aromatic heterocycles. The Kier molecular flexibility index (Phi) is 6.01. The summed E-state index contributed by atoms with van der Waals surface area (Å²) in [6.45, 7) is -0.359. The molecule has 0 heterocycles. The van der Waals surface area contributed by atoms with Gasteiger partial charge in [-0.05, 0) is 23.3 Å². The monoisotopic (exact) mass is 331 g/mol. The van der Waals surface area contributed by atoms with Gasteiger partial charge in [0.2, 0.25) is 6.54 Å². The Morgan fingerprint density at radius 3 is 2.21 bits per heavy atom. The van der Waals surface area contributed by atoms with E-state index in [0.29, 0.717) is 5.56 Å². The molecule has 0 bridgehead atoms. The van der Waals surface area contributed by atoms with Crippen molar-refractivity contribution in [1.29, 1.82) is 0 Å². The molecule has 0 saturated carbocycles. The minimum absolute atomic E-state index is 0.0103. The predicted molar refractivity (Wildman–Crippen MR) is 86.8 cm³/mol. The van der Waals surface area contributed by atoms with Gasteiger partial charge in [-0.15, -0.1) is 0 Å². The summed E-state index contributed by atoms with van der Waals surface area (Å²) in [4.78, 5) is 22.6. The molecule has 24 heavy (non-hydrogen) atoms. The van der Waals surface area contributed by atoms with Gasteiger partial charge >= 0.3 is 5.97 Å². The first-order valence-corrected chi connectivity index (χ1v) is 7.50. The third-order valence-electron chi connectivity index (χ3n) is 3.97. The smallest absolute Gasteiger partial charge is 0.306 e. The van der Waals surface area contributed by atoms with Crippen molar-refractivity contribution in [2.45, 2.75) is 18.3 Å². The standard InChI is InChI=1S/C18H18FNO4/c1-24-18(21)11-16(13-5-3-2-4-6-13)17(12-20(22)23)14-7-9-15(19)10-8-14/h2-10,16-17H,11-12H2,1H3/t16-,17+/m0/s1. The molecule has 5 nitrogen and oxygen atoms in total. The Labute approximate surface area is 139 Å². The number of ether oxygens (including phenoxy) is 1. The number of esters is 1. The molecule has 2 aromatic rings. The van der Waals surface area contributed by atoms with Crippen LogP contribution in [0, 0.1) is 15.9 Å². The third-order valence-corrected chi connectivity index (χ3v) is 3.97. The fraction of sp³-hybridized carbons (Fsp3) is 0.278. The minimum atomic E-state index is -0.568. The fourth-order valence-electron chi connectivity index (χ4n) is 2.79. The molecule has 0 radical (unpaired) electrons. The van der Waals surface area contributed by atoms with Gasteiger partial charge in [0.05, 0.1) is 19.4 Å². The van der Waals surface area contributed by atoms with E-state index in [1.807, 2.05) is 30.3 Å². The van der Waals surface area contributed by atoms with Gasteiger partial charge in [0.1, 0.15) is 5.82 Å². The molecule has 0 N–H and O–H groups in total. The molecule has 0 saturated heterocycles. The van der Waals surface area contributed by atoms with Crippen LogP contribution in [0.4, 0.5) is 4.39 Å². The Morgan fingerprint density at radius 2 is 1.67 bits per heavy atom. The second-order valence-electron chi connectivity index (χ2n) is 5.47. The molecule has 0 fully saturated rings. The van der Waals surface area contributed by atoms with Crippen LogP contribution in [-0.2, 0) is 9.53 Å². The summed E-state index contributed by atoms with van der Waals surface area (Å²) in [5, 5.41) is 11.2. The van der Waals surface area contributed by atoms with Crippen LogP contribution in [0.5, 0.6) is 0 Å². The summed E-state index contributed by atoms with van der Waals surface area (Å²) < 4.78 is 17.9. The zero-order chi connectivity index (χ0) is 17.5. The lowest BCUT2D eigenvalue weighted by Crippen LogP contribution is -2.23. The molecule has 0 aliphatic carbocycles. The lowest BCUT2D eigenvalue weighted by atomic mass is 9.79. The molecular weight excluding hydrogens is 313 g/mol. The van der Waals surface area contributed by atoms with Crippen LogP contribution in [-0.4, -0.2) is 24.5 Å². The highest BCUT2D eigenvalue weighted by molar-refractivity contribution is 5.70. The Hall–Kier alpha value is -2.76. The number of hydrogen-bond donors (Lipinski definition) is 0. The molecule has 0 aliphatic rings. The Morgan fingerprint density at radius 1 is 1.08 bits per heavy atom. The van der Waals surface area contributed by atoms with Crippen molar-refractivity contribution in [3.63, 3.8) is 0 Å². The summed E-state index contributed by atoms with van der Waals surface area (Å²) in [5.74, 6) is -1.86. The van der Waals surface area contributed by atoms with Gasteiger partial charge in [0.25, 0.3) is 0 Å². The second kappa shape index (κ2) is 8.19. The number of benzene rings is 2. The number of carbonyl (C=O) groups is 1. The first-order valence-electron chi connectivity index (χ1n) is 7.50. The second-order valence-corrected chi connectivity index (χ2v) is 5.47. The van der Waals surface area contributed by atoms with E-state index in [1.54, 1.807) is 0 Å². The van der Waals surface area contributed by atoms with Crippen LogP contribution in [0.1, 0.15) is 29.4 Å². The van der Waals surface area contributed by atoms with Crippen molar-refractivity contribution < 1.29 is 18.8 Å². The lowest BCUT2D eigenvalue weighted by molar-refractivity contribution is -0.484. The molecule has 0 unspecified atom stereocenters. The van der Waals surface area contributed by atoms with Crippen molar-refractivity contribution in [2.24, 2.45) is 0 Å². The fourth-order valence-corrected chi connectivity index (χ4v) is 2.79. The van der Waals surface area contributed by atoms with Crippen molar-refractivity contribution in [2.75, 3.05) is 13.7 Å². The SMILES string of the molecule is COC(=O)C[C@@H](c1ccccc1)[C@H](C[N+](=O)[O-])c1ccc(F)cc1. The summed E-state index contributed by atoms with van der Waals surface area (Å²) >= 11 is 0. The quantitative estimate of drug-likeness (QED) is 0.442. The normalized spacial score (nSPS) is 13.1. The van der Waals surface area contributed by atoms with Crippen LogP contribution in [0.2, 0.25) is 0 Å². The summed E-state index contributed by atoms with van der Waals surface area (Å²) in [7, 11) is 1.28. The van der Waals surface area contributed by atoms with Gasteiger partial charge in [-0.2, -0.15) is 0 Å². The molecular formula is C18H18FNO4.